The molecule has 0 spiro atoms. The number of carbonyl (C=O) groups excluding carboxylic acids is 3. The van der Waals surface area contributed by atoms with E-state index >= 15 is 0 Å². The average molecular weight is 382 g/mol. The van der Waals surface area contributed by atoms with Crippen molar-refractivity contribution < 1.29 is 19.1 Å². The van der Waals surface area contributed by atoms with Gasteiger partial charge in [-0.25, -0.2) is 14.6 Å². The van der Waals surface area contributed by atoms with Crippen molar-refractivity contribution in [3.63, 3.8) is 0 Å². The van der Waals surface area contributed by atoms with Gasteiger partial charge in [0.1, 0.15) is 17.3 Å². The lowest BCUT2D eigenvalue weighted by molar-refractivity contribution is -0.117. The van der Waals surface area contributed by atoms with Gasteiger partial charge in [-0.3, -0.25) is 14.7 Å². The number of hydrogen-bond donors (Lipinski definition) is 4. The van der Waals surface area contributed by atoms with Crippen molar-refractivity contribution in [2.75, 3.05) is 18.9 Å². The predicted molar refractivity (Wildman–Crippen MR) is 102 cm³/mol. The third-order valence-electron chi connectivity index (χ3n) is 3.73. The number of pyridine rings is 1. The molecule has 1 aromatic carbocycles. The highest BCUT2D eigenvalue weighted by molar-refractivity contribution is 5.92. The van der Waals surface area contributed by atoms with Crippen LogP contribution in [0.1, 0.15) is 0 Å². The van der Waals surface area contributed by atoms with Gasteiger partial charge < -0.3 is 21.1 Å². The summed E-state index contributed by atoms with van der Waals surface area (Å²) in [5.41, 5.74) is 5.71. The maximum atomic E-state index is 11.8. The molecule has 3 aromatic rings. The third kappa shape index (κ3) is 4.36. The quantitative estimate of drug-likeness (QED) is 0.531. The zero-order valence-corrected chi connectivity index (χ0v) is 14.9. The fourth-order valence-electron chi connectivity index (χ4n) is 2.49. The number of anilines is 1. The molecule has 3 rings (SSSR count). The number of primary amides is 1. The molecule has 5 N–H and O–H groups in total. The van der Waals surface area contributed by atoms with E-state index in [0.29, 0.717) is 11.5 Å². The topological polar surface area (TPSA) is 140 Å². The number of hydrogen-bond acceptors (Lipinski definition) is 5. The summed E-state index contributed by atoms with van der Waals surface area (Å²) in [6, 6.07) is 9.42. The molecule has 4 amide bonds. The van der Waals surface area contributed by atoms with Crippen LogP contribution in [0.4, 0.5) is 15.4 Å². The first-order valence-corrected chi connectivity index (χ1v) is 8.26. The highest BCUT2D eigenvalue weighted by Gasteiger charge is 2.09. The van der Waals surface area contributed by atoms with Crippen molar-refractivity contribution in [1.82, 2.24) is 20.2 Å². The number of aromatic nitrogens is 2. The van der Waals surface area contributed by atoms with Crippen molar-refractivity contribution in [2.45, 2.75) is 0 Å². The predicted octanol–water partition coefficient (Wildman–Crippen LogP) is 1.62. The monoisotopic (exact) mass is 382 g/mol. The first-order valence-electron chi connectivity index (χ1n) is 8.26. The molecule has 10 heteroatoms. The summed E-state index contributed by atoms with van der Waals surface area (Å²) in [5, 5.41) is 8.18. The van der Waals surface area contributed by atoms with E-state index in [0.717, 1.165) is 10.9 Å². The Kier molecular flexibility index (Phi) is 5.40. The Hall–Kier alpha value is -4.08. The number of urea groups is 1. The van der Waals surface area contributed by atoms with Gasteiger partial charge in [0.05, 0.1) is 12.1 Å². The summed E-state index contributed by atoms with van der Waals surface area (Å²) in [4.78, 5) is 38.2. The minimum atomic E-state index is -0.652. The van der Waals surface area contributed by atoms with Gasteiger partial charge in [0.15, 0.2) is 0 Å². The molecule has 144 valence electrons. The number of ether oxygens (including phenoxy) is 1. The fourth-order valence-corrected chi connectivity index (χ4v) is 2.49. The number of nitrogens with one attached hydrogen (secondary N) is 3. The van der Waals surface area contributed by atoms with E-state index in [-0.39, 0.29) is 18.4 Å². The van der Waals surface area contributed by atoms with Gasteiger partial charge in [-0.15, -0.1) is 0 Å². The molecule has 0 bridgehead atoms. The Labute approximate surface area is 159 Å². The summed E-state index contributed by atoms with van der Waals surface area (Å²) in [7, 11) is 1.56. The van der Waals surface area contributed by atoms with Crippen LogP contribution < -0.4 is 26.4 Å². The molecule has 0 fully saturated rings. The van der Waals surface area contributed by atoms with Crippen LogP contribution >= 0.6 is 0 Å². The summed E-state index contributed by atoms with van der Waals surface area (Å²) in [6.07, 6.45) is 3.14. The van der Waals surface area contributed by atoms with Crippen LogP contribution in [0.2, 0.25) is 0 Å². The Morgan fingerprint density at radius 2 is 1.93 bits per heavy atom. The first-order chi connectivity index (χ1) is 13.5. The van der Waals surface area contributed by atoms with Crippen LogP contribution in [-0.4, -0.2) is 41.1 Å². The minimum Gasteiger partial charge on any atom is -0.457 e. The summed E-state index contributed by atoms with van der Waals surface area (Å²) < 4.78 is 7.31. The normalized spacial score (nSPS) is 10.3. The van der Waals surface area contributed by atoms with Gasteiger partial charge in [-0.2, -0.15) is 0 Å². The Morgan fingerprint density at radius 1 is 1.14 bits per heavy atom. The van der Waals surface area contributed by atoms with Crippen LogP contribution in [0.25, 0.3) is 10.9 Å². The fraction of sp³-hybridized carbons (Fsp3) is 0.111. The second kappa shape index (κ2) is 8.08. The molecule has 2 heterocycles. The van der Waals surface area contributed by atoms with E-state index in [1.54, 1.807) is 43.6 Å². The zero-order chi connectivity index (χ0) is 20.1. The van der Waals surface area contributed by atoms with Crippen LogP contribution in [0, 0.1) is 0 Å². The standard InChI is InChI=1S/C18H18N6O4/c1-20-18(27)24-7-5-11-8-12(2-3-14(11)24)28-13-4-6-21-16(9-13)23-17(26)22-10-15(19)25/h2-9H,10H2,1H3,(H2,19,25)(H,20,27)(H2,21,22,23,26). The number of nitrogens with zero attached hydrogens (tertiary/aromatic N) is 2. The number of carbonyl (C=O) groups is 3. The number of nitrogens with two attached hydrogens (primary N) is 1. The molecule has 2 aromatic heterocycles. The van der Waals surface area contributed by atoms with Gasteiger partial charge in [0, 0.05) is 30.9 Å². The molecule has 10 nitrogen and oxygen atoms in total. The van der Waals surface area contributed by atoms with E-state index in [2.05, 4.69) is 20.9 Å². The van der Waals surface area contributed by atoms with Gasteiger partial charge in [-0.05, 0) is 30.3 Å². The van der Waals surface area contributed by atoms with E-state index in [1.165, 1.54) is 16.8 Å². The van der Waals surface area contributed by atoms with Gasteiger partial charge >= 0.3 is 12.1 Å². The third-order valence-corrected chi connectivity index (χ3v) is 3.73. The molecule has 0 unspecified atom stereocenters. The van der Waals surface area contributed by atoms with Crippen LogP contribution in [-0.2, 0) is 4.79 Å². The van der Waals surface area contributed by atoms with Crippen molar-refractivity contribution in [2.24, 2.45) is 5.73 Å². The molecular formula is C18H18N6O4. The second-order valence-corrected chi connectivity index (χ2v) is 5.71. The molecule has 28 heavy (non-hydrogen) atoms. The van der Waals surface area contributed by atoms with E-state index in [9.17, 15) is 14.4 Å². The lowest BCUT2D eigenvalue weighted by Crippen LogP contribution is -2.36. The lowest BCUT2D eigenvalue weighted by Gasteiger charge is -2.09. The Morgan fingerprint density at radius 3 is 2.68 bits per heavy atom. The molecule has 0 aliphatic heterocycles. The van der Waals surface area contributed by atoms with Crippen molar-refractivity contribution >= 4 is 34.7 Å². The minimum absolute atomic E-state index is 0.233. The zero-order valence-electron chi connectivity index (χ0n) is 14.9. The second-order valence-electron chi connectivity index (χ2n) is 5.71. The molecule has 0 radical (unpaired) electrons. The Balaban J connectivity index is 1.72. The van der Waals surface area contributed by atoms with Crippen molar-refractivity contribution in [1.29, 1.82) is 0 Å². The number of benzene rings is 1. The largest absolute Gasteiger partial charge is 0.457 e. The maximum absolute atomic E-state index is 11.8. The van der Waals surface area contributed by atoms with Gasteiger partial charge in [-0.1, -0.05) is 0 Å². The summed E-state index contributed by atoms with van der Waals surface area (Å²) in [6.45, 7) is -0.280. The number of fused-ring (bicyclic) bond motifs is 1. The van der Waals surface area contributed by atoms with E-state index in [4.69, 9.17) is 10.5 Å². The maximum Gasteiger partial charge on any atom is 0.325 e. The molecule has 0 aliphatic rings. The van der Waals surface area contributed by atoms with Gasteiger partial charge in [0.2, 0.25) is 5.91 Å². The molecule has 0 atom stereocenters. The molecule has 0 saturated carbocycles. The van der Waals surface area contributed by atoms with E-state index in [1.807, 2.05) is 0 Å². The van der Waals surface area contributed by atoms with Crippen molar-refractivity contribution in [3.8, 4) is 11.5 Å². The highest BCUT2D eigenvalue weighted by Crippen LogP contribution is 2.27. The number of rotatable bonds is 5. The van der Waals surface area contributed by atoms with Crippen LogP contribution in [0.3, 0.4) is 0 Å². The Bertz CT molecular complexity index is 1050. The SMILES string of the molecule is CNC(=O)n1ccc2cc(Oc3ccnc(NC(=O)NCC(N)=O)c3)ccc21. The first kappa shape index (κ1) is 18.7. The molecule has 0 saturated heterocycles. The summed E-state index contributed by atoms with van der Waals surface area (Å²) in [5.74, 6) is 0.593. The van der Waals surface area contributed by atoms with Gasteiger partial charge in [0.25, 0.3) is 0 Å². The van der Waals surface area contributed by atoms with Crippen molar-refractivity contribution in [3.05, 3.63) is 48.8 Å². The van der Waals surface area contributed by atoms with E-state index < -0.39 is 11.9 Å². The average Bonchev–Trinajstić information content (AvgIpc) is 3.09. The molecule has 0 aliphatic carbocycles. The van der Waals surface area contributed by atoms with Crippen LogP contribution in [0.5, 0.6) is 11.5 Å². The highest BCUT2D eigenvalue weighted by atomic mass is 16.5. The molecular weight excluding hydrogens is 364 g/mol. The summed E-state index contributed by atoms with van der Waals surface area (Å²) >= 11 is 0. The van der Waals surface area contributed by atoms with Crippen LogP contribution in [0.15, 0.2) is 48.8 Å². The number of amides is 4. The smallest absolute Gasteiger partial charge is 0.325 e. The lowest BCUT2D eigenvalue weighted by atomic mass is 10.2.